The van der Waals surface area contributed by atoms with Gasteiger partial charge in [-0.15, -0.1) is 11.3 Å². The minimum absolute atomic E-state index is 0.0834. The van der Waals surface area contributed by atoms with Gasteiger partial charge >= 0.3 is 0 Å². The Morgan fingerprint density at radius 3 is 2.80 bits per heavy atom. The van der Waals surface area contributed by atoms with Gasteiger partial charge in [0.2, 0.25) is 5.91 Å². The molecule has 0 bridgehead atoms. The molecular formula is C15H15FN2OS. The minimum atomic E-state index is -0.249. The number of rotatable bonds is 2. The lowest BCUT2D eigenvalue weighted by Crippen LogP contribution is -2.22. The van der Waals surface area contributed by atoms with E-state index in [0.717, 1.165) is 35.6 Å². The molecule has 2 N–H and O–H groups in total. The SMILES string of the molecule is CC(=O)Nc1sc2c(c1-c1ccc(F)cc1)CCNC2. The third kappa shape index (κ3) is 2.46. The van der Waals surface area contributed by atoms with Crippen molar-refractivity contribution in [2.45, 2.75) is 19.9 Å². The number of hydrogen-bond acceptors (Lipinski definition) is 3. The van der Waals surface area contributed by atoms with Gasteiger partial charge in [-0.1, -0.05) is 12.1 Å². The number of carbonyl (C=O) groups is 1. The molecule has 0 unspecified atom stereocenters. The Kier molecular flexibility index (Phi) is 3.54. The molecule has 1 amide bonds. The highest BCUT2D eigenvalue weighted by atomic mass is 32.1. The normalized spacial score (nSPS) is 13.9. The summed E-state index contributed by atoms with van der Waals surface area (Å²) in [6.07, 6.45) is 0.929. The molecular weight excluding hydrogens is 275 g/mol. The molecule has 3 nitrogen and oxygen atoms in total. The van der Waals surface area contributed by atoms with Crippen molar-refractivity contribution >= 4 is 22.2 Å². The molecule has 2 aromatic rings. The quantitative estimate of drug-likeness (QED) is 0.892. The largest absolute Gasteiger partial charge is 0.317 e. The number of nitrogens with one attached hydrogen (secondary N) is 2. The molecule has 0 saturated carbocycles. The van der Waals surface area contributed by atoms with Gasteiger partial charge in [0.25, 0.3) is 0 Å². The van der Waals surface area contributed by atoms with Gasteiger partial charge in [-0.2, -0.15) is 0 Å². The summed E-state index contributed by atoms with van der Waals surface area (Å²) in [5.41, 5.74) is 3.26. The number of carbonyl (C=O) groups excluding carboxylic acids is 1. The lowest BCUT2D eigenvalue weighted by Gasteiger charge is -2.14. The molecule has 1 aliphatic rings. The van der Waals surface area contributed by atoms with Gasteiger partial charge in [0, 0.05) is 23.9 Å². The van der Waals surface area contributed by atoms with Gasteiger partial charge in [0.1, 0.15) is 10.8 Å². The van der Waals surface area contributed by atoms with Crippen LogP contribution in [0.25, 0.3) is 11.1 Å². The van der Waals surface area contributed by atoms with E-state index in [0.29, 0.717) is 0 Å². The second kappa shape index (κ2) is 5.34. The molecule has 0 spiro atoms. The zero-order valence-electron chi connectivity index (χ0n) is 11.1. The summed E-state index contributed by atoms with van der Waals surface area (Å²) in [4.78, 5) is 12.6. The highest BCUT2D eigenvalue weighted by Crippen LogP contribution is 2.42. The molecule has 20 heavy (non-hydrogen) atoms. The van der Waals surface area contributed by atoms with Crippen molar-refractivity contribution in [1.29, 1.82) is 0 Å². The predicted octanol–water partition coefficient (Wildman–Crippen LogP) is 3.16. The minimum Gasteiger partial charge on any atom is -0.317 e. The molecule has 2 heterocycles. The monoisotopic (exact) mass is 290 g/mol. The first-order valence-corrected chi connectivity index (χ1v) is 7.35. The van der Waals surface area contributed by atoms with Crippen LogP contribution in [0.15, 0.2) is 24.3 Å². The molecule has 104 valence electrons. The number of fused-ring (bicyclic) bond motifs is 1. The summed E-state index contributed by atoms with van der Waals surface area (Å²) in [6.45, 7) is 3.26. The number of benzene rings is 1. The van der Waals surface area contributed by atoms with E-state index >= 15 is 0 Å². The zero-order valence-corrected chi connectivity index (χ0v) is 11.9. The van der Waals surface area contributed by atoms with E-state index in [-0.39, 0.29) is 11.7 Å². The molecule has 1 aromatic carbocycles. The maximum atomic E-state index is 13.1. The Balaban J connectivity index is 2.13. The molecule has 0 radical (unpaired) electrons. The van der Waals surface area contributed by atoms with Crippen LogP contribution in [0.1, 0.15) is 17.4 Å². The summed E-state index contributed by atoms with van der Waals surface area (Å²) in [5.74, 6) is -0.333. The van der Waals surface area contributed by atoms with E-state index < -0.39 is 0 Å². The van der Waals surface area contributed by atoms with Crippen LogP contribution in [0.4, 0.5) is 9.39 Å². The maximum Gasteiger partial charge on any atom is 0.221 e. The lowest BCUT2D eigenvalue weighted by molar-refractivity contribution is -0.114. The fourth-order valence-electron chi connectivity index (χ4n) is 2.50. The first-order chi connectivity index (χ1) is 9.65. The van der Waals surface area contributed by atoms with Gasteiger partial charge in [0.15, 0.2) is 0 Å². The predicted molar refractivity (Wildman–Crippen MR) is 79.4 cm³/mol. The Morgan fingerprint density at radius 1 is 1.35 bits per heavy atom. The average molecular weight is 290 g/mol. The summed E-state index contributed by atoms with van der Waals surface area (Å²) in [6, 6.07) is 6.45. The van der Waals surface area contributed by atoms with Gasteiger partial charge in [-0.25, -0.2) is 4.39 Å². The van der Waals surface area contributed by atoms with E-state index in [1.165, 1.54) is 29.5 Å². The molecule has 1 aromatic heterocycles. The number of anilines is 1. The lowest BCUT2D eigenvalue weighted by atomic mass is 9.98. The molecule has 1 aliphatic heterocycles. The van der Waals surface area contributed by atoms with Crippen LogP contribution < -0.4 is 10.6 Å². The molecule has 0 aliphatic carbocycles. The standard InChI is InChI=1S/C15H15FN2OS/c1-9(19)18-15-14(10-2-4-11(16)5-3-10)12-6-7-17-8-13(12)20-15/h2-5,17H,6-8H2,1H3,(H,18,19). The Bertz CT molecular complexity index is 649. The van der Waals surface area contributed by atoms with E-state index in [1.807, 2.05) is 0 Å². The number of halogens is 1. The van der Waals surface area contributed by atoms with Gasteiger partial charge in [-0.3, -0.25) is 4.79 Å². The molecule has 0 atom stereocenters. The van der Waals surface area contributed by atoms with Crippen molar-refractivity contribution < 1.29 is 9.18 Å². The van der Waals surface area contributed by atoms with Crippen LogP contribution in [0, 0.1) is 5.82 Å². The van der Waals surface area contributed by atoms with Crippen LogP contribution in [0.3, 0.4) is 0 Å². The maximum absolute atomic E-state index is 13.1. The van der Waals surface area contributed by atoms with Gasteiger partial charge in [0.05, 0.1) is 0 Å². The Hall–Kier alpha value is -1.72. The third-order valence-corrected chi connectivity index (χ3v) is 4.50. The van der Waals surface area contributed by atoms with Gasteiger partial charge < -0.3 is 10.6 Å². The zero-order chi connectivity index (χ0) is 14.1. The van der Waals surface area contributed by atoms with Crippen LogP contribution in [0.2, 0.25) is 0 Å². The summed E-state index contributed by atoms with van der Waals surface area (Å²) < 4.78 is 13.1. The third-order valence-electron chi connectivity index (χ3n) is 3.35. The highest BCUT2D eigenvalue weighted by Gasteiger charge is 2.22. The van der Waals surface area contributed by atoms with Gasteiger partial charge in [-0.05, 0) is 36.2 Å². The molecule has 0 fully saturated rings. The number of hydrogen-bond donors (Lipinski definition) is 2. The second-order valence-electron chi connectivity index (χ2n) is 4.82. The highest BCUT2D eigenvalue weighted by molar-refractivity contribution is 7.17. The number of amides is 1. The van der Waals surface area contributed by atoms with Crippen molar-refractivity contribution in [1.82, 2.24) is 5.32 Å². The van der Waals surface area contributed by atoms with Crippen LogP contribution in [-0.4, -0.2) is 12.5 Å². The Labute approximate surface area is 120 Å². The smallest absolute Gasteiger partial charge is 0.221 e. The number of thiophene rings is 1. The average Bonchev–Trinajstić information content (AvgIpc) is 2.77. The summed E-state index contributed by atoms with van der Waals surface area (Å²) >= 11 is 1.60. The van der Waals surface area contributed by atoms with Crippen molar-refractivity contribution in [3.05, 3.63) is 40.5 Å². The fraction of sp³-hybridized carbons (Fsp3) is 0.267. The van der Waals surface area contributed by atoms with E-state index in [9.17, 15) is 9.18 Å². The van der Waals surface area contributed by atoms with E-state index in [2.05, 4.69) is 10.6 Å². The van der Waals surface area contributed by atoms with Crippen molar-refractivity contribution in [2.75, 3.05) is 11.9 Å². The fourth-order valence-corrected chi connectivity index (χ4v) is 3.79. The molecule has 3 rings (SSSR count). The van der Waals surface area contributed by atoms with E-state index in [4.69, 9.17) is 0 Å². The Morgan fingerprint density at radius 2 is 2.10 bits per heavy atom. The second-order valence-corrected chi connectivity index (χ2v) is 5.93. The van der Waals surface area contributed by atoms with Crippen molar-refractivity contribution in [3.63, 3.8) is 0 Å². The van der Waals surface area contributed by atoms with Crippen LogP contribution in [-0.2, 0) is 17.8 Å². The first kappa shape index (κ1) is 13.3. The topological polar surface area (TPSA) is 41.1 Å². The summed E-state index contributed by atoms with van der Waals surface area (Å²) in [7, 11) is 0. The van der Waals surface area contributed by atoms with Crippen LogP contribution in [0.5, 0.6) is 0 Å². The van der Waals surface area contributed by atoms with Crippen molar-refractivity contribution in [3.8, 4) is 11.1 Å². The molecule has 0 saturated heterocycles. The van der Waals surface area contributed by atoms with Crippen LogP contribution >= 0.6 is 11.3 Å². The molecule has 5 heteroatoms. The first-order valence-electron chi connectivity index (χ1n) is 6.54. The van der Waals surface area contributed by atoms with Crippen molar-refractivity contribution in [2.24, 2.45) is 0 Å². The summed E-state index contributed by atoms with van der Waals surface area (Å²) in [5, 5.41) is 7.09. The van der Waals surface area contributed by atoms with E-state index in [1.54, 1.807) is 23.5 Å².